The van der Waals surface area contributed by atoms with E-state index in [1.54, 1.807) is 20.8 Å². The maximum atomic E-state index is 12.4. The molecule has 3 rings (SSSR count). The predicted molar refractivity (Wildman–Crippen MR) is 97.3 cm³/mol. The molecule has 1 amide bonds. The number of amides is 1. The zero-order valence-electron chi connectivity index (χ0n) is 15.1. The zero-order valence-corrected chi connectivity index (χ0v) is 15.1. The molecule has 0 aromatic heterocycles. The van der Waals surface area contributed by atoms with Crippen molar-refractivity contribution in [3.63, 3.8) is 0 Å². The first-order valence-corrected chi connectivity index (χ1v) is 8.61. The number of carbonyl (C=O) groups is 2. The van der Waals surface area contributed by atoms with Crippen molar-refractivity contribution in [3.05, 3.63) is 42.5 Å². The second kappa shape index (κ2) is 6.86. The SMILES string of the molecule is CC(C)(C)OC(=O)N1C[C@@H](Oc2cccc3ccccc23)C[C@H]1C(=O)O. The molecule has 0 spiro atoms. The molecule has 1 N–H and O–H groups in total. The first-order valence-electron chi connectivity index (χ1n) is 8.61. The van der Waals surface area contributed by atoms with E-state index in [0.29, 0.717) is 5.75 Å². The van der Waals surface area contributed by atoms with Crippen molar-refractivity contribution >= 4 is 22.8 Å². The lowest BCUT2D eigenvalue weighted by Gasteiger charge is -2.26. The van der Waals surface area contributed by atoms with Crippen molar-refractivity contribution < 1.29 is 24.2 Å². The van der Waals surface area contributed by atoms with Crippen LogP contribution in [0.25, 0.3) is 10.8 Å². The van der Waals surface area contributed by atoms with Gasteiger partial charge in [-0.1, -0.05) is 36.4 Å². The molecule has 1 aliphatic heterocycles. The Hall–Kier alpha value is -2.76. The van der Waals surface area contributed by atoms with E-state index in [-0.39, 0.29) is 13.0 Å². The topological polar surface area (TPSA) is 76.1 Å². The largest absolute Gasteiger partial charge is 0.488 e. The lowest BCUT2D eigenvalue weighted by Crippen LogP contribution is -2.43. The minimum atomic E-state index is -1.06. The molecule has 1 saturated heterocycles. The molecule has 1 fully saturated rings. The second-order valence-corrected chi connectivity index (χ2v) is 7.44. The third-order valence-electron chi connectivity index (χ3n) is 4.22. The molecule has 1 heterocycles. The highest BCUT2D eigenvalue weighted by Crippen LogP contribution is 2.30. The monoisotopic (exact) mass is 357 g/mol. The van der Waals surface area contributed by atoms with Crippen LogP contribution in [0, 0.1) is 0 Å². The van der Waals surface area contributed by atoms with Gasteiger partial charge in [-0.2, -0.15) is 0 Å². The van der Waals surface area contributed by atoms with Gasteiger partial charge in [-0.15, -0.1) is 0 Å². The van der Waals surface area contributed by atoms with Gasteiger partial charge in [0.25, 0.3) is 0 Å². The van der Waals surface area contributed by atoms with Crippen LogP contribution in [0.3, 0.4) is 0 Å². The maximum absolute atomic E-state index is 12.4. The number of aliphatic carboxylic acids is 1. The van der Waals surface area contributed by atoms with E-state index < -0.39 is 29.8 Å². The van der Waals surface area contributed by atoms with Crippen LogP contribution in [0.1, 0.15) is 27.2 Å². The lowest BCUT2D eigenvalue weighted by molar-refractivity contribution is -0.142. The van der Waals surface area contributed by atoms with Gasteiger partial charge in [-0.3, -0.25) is 4.90 Å². The van der Waals surface area contributed by atoms with Crippen molar-refractivity contribution in [2.75, 3.05) is 6.54 Å². The molecule has 1 aliphatic rings. The van der Waals surface area contributed by atoms with E-state index >= 15 is 0 Å². The van der Waals surface area contributed by atoms with Gasteiger partial charge >= 0.3 is 12.1 Å². The molecule has 0 unspecified atom stereocenters. The number of likely N-dealkylation sites (tertiary alicyclic amines) is 1. The van der Waals surface area contributed by atoms with Crippen molar-refractivity contribution in [2.24, 2.45) is 0 Å². The number of benzene rings is 2. The van der Waals surface area contributed by atoms with Gasteiger partial charge in [0.2, 0.25) is 0 Å². The van der Waals surface area contributed by atoms with Crippen molar-refractivity contribution in [1.82, 2.24) is 4.90 Å². The minimum absolute atomic E-state index is 0.176. The summed E-state index contributed by atoms with van der Waals surface area (Å²) in [4.78, 5) is 25.2. The summed E-state index contributed by atoms with van der Waals surface area (Å²) in [5, 5.41) is 11.5. The molecular weight excluding hydrogens is 334 g/mol. The Morgan fingerprint density at radius 1 is 1.12 bits per heavy atom. The number of nitrogens with zero attached hydrogens (tertiary/aromatic N) is 1. The number of carboxylic acids is 1. The number of carboxylic acid groups (broad SMARTS) is 1. The molecule has 2 atom stereocenters. The molecule has 26 heavy (non-hydrogen) atoms. The standard InChI is InChI=1S/C20H23NO5/c1-20(2,3)26-19(24)21-12-14(11-16(21)18(22)23)25-17-10-6-8-13-7-4-5-9-15(13)17/h4-10,14,16H,11-12H2,1-3H3,(H,22,23)/t14-,16-/m0/s1. The molecule has 2 aromatic carbocycles. The Balaban J connectivity index is 1.79. The summed E-state index contributed by atoms with van der Waals surface area (Å²) in [6, 6.07) is 12.6. The summed E-state index contributed by atoms with van der Waals surface area (Å²) < 4.78 is 11.4. The summed E-state index contributed by atoms with van der Waals surface area (Å²) in [5.74, 6) is -0.372. The molecule has 6 nitrogen and oxygen atoms in total. The Kier molecular flexibility index (Phi) is 4.76. The first-order chi connectivity index (χ1) is 12.2. The summed E-state index contributed by atoms with van der Waals surface area (Å²) in [6.45, 7) is 5.43. The number of hydrogen-bond acceptors (Lipinski definition) is 4. The van der Waals surface area contributed by atoms with Crippen LogP contribution in [-0.4, -0.2) is 46.4 Å². The van der Waals surface area contributed by atoms with Gasteiger partial charge < -0.3 is 14.6 Å². The average molecular weight is 357 g/mol. The van der Waals surface area contributed by atoms with Crippen LogP contribution in [0.2, 0.25) is 0 Å². The highest BCUT2D eigenvalue weighted by atomic mass is 16.6. The quantitative estimate of drug-likeness (QED) is 0.907. The highest BCUT2D eigenvalue weighted by Gasteiger charge is 2.42. The van der Waals surface area contributed by atoms with Crippen LogP contribution in [0.5, 0.6) is 5.75 Å². The molecule has 2 aromatic rings. The molecule has 0 radical (unpaired) electrons. The molecule has 6 heteroatoms. The fourth-order valence-corrected chi connectivity index (χ4v) is 3.12. The molecule has 0 saturated carbocycles. The van der Waals surface area contributed by atoms with Gasteiger partial charge in [0.15, 0.2) is 0 Å². The highest BCUT2D eigenvalue weighted by molar-refractivity contribution is 5.88. The summed E-state index contributed by atoms with van der Waals surface area (Å²) in [7, 11) is 0. The van der Waals surface area contributed by atoms with E-state index in [0.717, 1.165) is 10.8 Å². The van der Waals surface area contributed by atoms with Gasteiger partial charge in [0.05, 0.1) is 6.54 Å². The minimum Gasteiger partial charge on any atom is -0.488 e. The number of rotatable bonds is 3. The van der Waals surface area contributed by atoms with E-state index in [2.05, 4.69) is 0 Å². The van der Waals surface area contributed by atoms with Gasteiger partial charge in [-0.25, -0.2) is 9.59 Å². The maximum Gasteiger partial charge on any atom is 0.411 e. The van der Waals surface area contributed by atoms with Crippen LogP contribution >= 0.6 is 0 Å². The Bertz CT molecular complexity index is 821. The van der Waals surface area contributed by atoms with Crippen molar-refractivity contribution in [3.8, 4) is 5.75 Å². The molecular formula is C20H23NO5. The average Bonchev–Trinajstić information content (AvgIpc) is 2.98. The predicted octanol–water partition coefficient (Wildman–Crippen LogP) is 3.68. The number of fused-ring (bicyclic) bond motifs is 1. The van der Waals surface area contributed by atoms with Gasteiger partial charge in [0.1, 0.15) is 23.5 Å². The summed E-state index contributed by atoms with van der Waals surface area (Å²) in [5.41, 5.74) is -0.686. The zero-order chi connectivity index (χ0) is 18.9. The molecule has 0 aliphatic carbocycles. The van der Waals surface area contributed by atoms with Crippen LogP contribution in [-0.2, 0) is 9.53 Å². The van der Waals surface area contributed by atoms with Crippen LogP contribution in [0.15, 0.2) is 42.5 Å². The van der Waals surface area contributed by atoms with E-state index in [4.69, 9.17) is 9.47 Å². The van der Waals surface area contributed by atoms with E-state index in [9.17, 15) is 14.7 Å². The lowest BCUT2D eigenvalue weighted by atomic mass is 10.1. The van der Waals surface area contributed by atoms with Crippen LogP contribution < -0.4 is 4.74 Å². The number of carbonyl (C=O) groups excluding carboxylic acids is 1. The summed E-state index contributed by atoms with van der Waals surface area (Å²) >= 11 is 0. The smallest absolute Gasteiger partial charge is 0.411 e. The van der Waals surface area contributed by atoms with E-state index in [1.807, 2.05) is 42.5 Å². The Morgan fingerprint density at radius 2 is 1.81 bits per heavy atom. The fraction of sp³-hybridized carbons (Fsp3) is 0.400. The summed E-state index contributed by atoms with van der Waals surface area (Å²) in [6.07, 6.45) is -0.819. The number of hydrogen-bond donors (Lipinski definition) is 1. The van der Waals surface area contributed by atoms with Crippen LogP contribution in [0.4, 0.5) is 4.79 Å². The molecule has 0 bridgehead atoms. The normalized spacial score (nSPS) is 20.2. The number of ether oxygens (including phenoxy) is 2. The van der Waals surface area contributed by atoms with Crippen molar-refractivity contribution in [2.45, 2.75) is 44.9 Å². The van der Waals surface area contributed by atoms with Gasteiger partial charge in [0, 0.05) is 11.8 Å². The first kappa shape index (κ1) is 18.0. The van der Waals surface area contributed by atoms with Crippen molar-refractivity contribution in [1.29, 1.82) is 0 Å². The van der Waals surface area contributed by atoms with Gasteiger partial charge in [-0.05, 0) is 32.2 Å². The molecule has 138 valence electrons. The fourth-order valence-electron chi connectivity index (χ4n) is 3.12. The Morgan fingerprint density at radius 3 is 2.50 bits per heavy atom. The second-order valence-electron chi connectivity index (χ2n) is 7.44. The third-order valence-corrected chi connectivity index (χ3v) is 4.22. The third kappa shape index (κ3) is 3.90. The Labute approximate surface area is 152 Å². The van der Waals surface area contributed by atoms with E-state index in [1.165, 1.54) is 4.90 Å².